The van der Waals surface area contributed by atoms with E-state index >= 15 is 0 Å². The third kappa shape index (κ3) is 4.20. The van der Waals surface area contributed by atoms with Crippen LogP contribution in [-0.4, -0.2) is 12.5 Å². The SMILES string of the molecule is CC(C)C(CNC(=O)c1cccc(F)c1Cl)C(C)C. The molecule has 19 heavy (non-hydrogen) atoms. The zero-order chi connectivity index (χ0) is 14.6. The molecule has 1 rings (SSSR count). The molecular formula is C15H21ClFNO. The highest BCUT2D eigenvalue weighted by Gasteiger charge is 2.20. The first-order valence-electron chi connectivity index (χ1n) is 6.56. The van der Waals surface area contributed by atoms with E-state index in [0.717, 1.165) is 0 Å². The second-order valence-corrected chi connectivity index (χ2v) is 5.84. The number of hydrogen-bond donors (Lipinski definition) is 1. The highest BCUT2D eigenvalue weighted by Crippen LogP contribution is 2.21. The van der Waals surface area contributed by atoms with Crippen LogP contribution >= 0.6 is 11.6 Å². The van der Waals surface area contributed by atoms with Gasteiger partial charge in [0.15, 0.2) is 0 Å². The number of nitrogens with one attached hydrogen (secondary N) is 1. The summed E-state index contributed by atoms with van der Waals surface area (Å²) in [6.07, 6.45) is 0. The Hall–Kier alpha value is -1.09. The predicted molar refractivity (Wildman–Crippen MR) is 76.9 cm³/mol. The lowest BCUT2D eigenvalue weighted by atomic mass is 9.85. The molecule has 1 aromatic rings. The van der Waals surface area contributed by atoms with Crippen molar-refractivity contribution in [2.75, 3.05) is 6.54 Å². The van der Waals surface area contributed by atoms with Crippen LogP contribution in [0.2, 0.25) is 5.02 Å². The van der Waals surface area contributed by atoms with Crippen LogP contribution in [0.15, 0.2) is 18.2 Å². The fourth-order valence-electron chi connectivity index (χ4n) is 2.23. The monoisotopic (exact) mass is 285 g/mol. The van der Waals surface area contributed by atoms with Crippen LogP contribution in [0.3, 0.4) is 0 Å². The second kappa shape index (κ2) is 6.90. The van der Waals surface area contributed by atoms with Gasteiger partial charge in [-0.05, 0) is 29.9 Å². The molecule has 106 valence electrons. The fraction of sp³-hybridized carbons (Fsp3) is 0.533. The van der Waals surface area contributed by atoms with Crippen LogP contribution in [0, 0.1) is 23.6 Å². The maximum absolute atomic E-state index is 13.3. The molecule has 0 aliphatic heterocycles. The minimum Gasteiger partial charge on any atom is -0.352 e. The van der Waals surface area contributed by atoms with Crippen molar-refractivity contribution < 1.29 is 9.18 Å². The molecule has 0 radical (unpaired) electrons. The Morgan fingerprint density at radius 1 is 1.26 bits per heavy atom. The van der Waals surface area contributed by atoms with E-state index in [1.54, 1.807) is 0 Å². The van der Waals surface area contributed by atoms with Crippen molar-refractivity contribution >= 4 is 17.5 Å². The summed E-state index contributed by atoms with van der Waals surface area (Å²) in [4.78, 5) is 12.0. The molecule has 0 aliphatic rings. The topological polar surface area (TPSA) is 29.1 Å². The van der Waals surface area contributed by atoms with Gasteiger partial charge in [-0.2, -0.15) is 0 Å². The number of halogens is 2. The summed E-state index contributed by atoms with van der Waals surface area (Å²) in [6, 6.07) is 4.25. The molecule has 0 bridgehead atoms. The normalized spacial score (nSPS) is 11.4. The molecule has 0 aliphatic carbocycles. The summed E-state index contributed by atoms with van der Waals surface area (Å²) >= 11 is 5.79. The highest BCUT2D eigenvalue weighted by molar-refractivity contribution is 6.34. The summed E-state index contributed by atoms with van der Waals surface area (Å²) in [5, 5.41) is 2.72. The number of benzene rings is 1. The molecule has 0 saturated heterocycles. The molecule has 0 atom stereocenters. The minimum absolute atomic E-state index is 0.120. The molecule has 0 heterocycles. The van der Waals surface area contributed by atoms with Crippen LogP contribution in [0.5, 0.6) is 0 Å². The van der Waals surface area contributed by atoms with Crippen molar-refractivity contribution in [3.63, 3.8) is 0 Å². The van der Waals surface area contributed by atoms with Gasteiger partial charge in [0.1, 0.15) is 5.82 Å². The number of carbonyl (C=O) groups excluding carboxylic acids is 1. The van der Waals surface area contributed by atoms with Gasteiger partial charge in [-0.3, -0.25) is 4.79 Å². The number of rotatable bonds is 5. The van der Waals surface area contributed by atoms with Gasteiger partial charge in [0, 0.05) is 6.54 Å². The average molecular weight is 286 g/mol. The lowest BCUT2D eigenvalue weighted by Crippen LogP contribution is -2.34. The summed E-state index contributed by atoms with van der Waals surface area (Å²) in [7, 11) is 0. The first-order valence-corrected chi connectivity index (χ1v) is 6.94. The molecule has 1 aromatic carbocycles. The van der Waals surface area contributed by atoms with Crippen LogP contribution in [0.1, 0.15) is 38.1 Å². The Morgan fingerprint density at radius 2 is 1.84 bits per heavy atom. The zero-order valence-corrected chi connectivity index (χ0v) is 12.6. The van der Waals surface area contributed by atoms with Gasteiger partial charge < -0.3 is 5.32 Å². The van der Waals surface area contributed by atoms with Crippen molar-refractivity contribution in [3.05, 3.63) is 34.6 Å². The van der Waals surface area contributed by atoms with Crippen molar-refractivity contribution in [2.45, 2.75) is 27.7 Å². The lowest BCUT2D eigenvalue weighted by molar-refractivity contribution is 0.0937. The zero-order valence-electron chi connectivity index (χ0n) is 11.8. The Bertz CT molecular complexity index is 438. The first kappa shape index (κ1) is 16.0. The molecule has 0 unspecified atom stereocenters. The van der Waals surface area contributed by atoms with Gasteiger partial charge >= 0.3 is 0 Å². The van der Waals surface area contributed by atoms with E-state index in [2.05, 4.69) is 33.0 Å². The summed E-state index contributed by atoms with van der Waals surface area (Å²) in [5.74, 6) is 0.442. The maximum atomic E-state index is 13.3. The molecule has 0 aromatic heterocycles. The Kier molecular flexibility index (Phi) is 5.80. The van der Waals surface area contributed by atoms with E-state index in [1.807, 2.05) is 0 Å². The van der Waals surface area contributed by atoms with Gasteiger partial charge in [0.25, 0.3) is 5.91 Å². The van der Waals surface area contributed by atoms with E-state index in [1.165, 1.54) is 18.2 Å². The van der Waals surface area contributed by atoms with E-state index < -0.39 is 5.82 Å². The summed E-state index contributed by atoms with van der Waals surface area (Å²) in [5.41, 5.74) is 0.188. The van der Waals surface area contributed by atoms with Gasteiger partial charge in [0.2, 0.25) is 0 Å². The van der Waals surface area contributed by atoms with E-state index in [9.17, 15) is 9.18 Å². The number of carbonyl (C=O) groups is 1. The largest absolute Gasteiger partial charge is 0.352 e. The lowest BCUT2D eigenvalue weighted by Gasteiger charge is -2.25. The van der Waals surface area contributed by atoms with Crippen molar-refractivity contribution in [1.82, 2.24) is 5.32 Å². The third-order valence-electron chi connectivity index (χ3n) is 3.41. The fourth-order valence-corrected chi connectivity index (χ4v) is 2.44. The molecule has 0 fully saturated rings. The van der Waals surface area contributed by atoms with Gasteiger partial charge in [0.05, 0.1) is 10.6 Å². The molecule has 0 spiro atoms. The van der Waals surface area contributed by atoms with E-state index in [0.29, 0.717) is 24.3 Å². The van der Waals surface area contributed by atoms with Gasteiger partial charge in [-0.25, -0.2) is 4.39 Å². The maximum Gasteiger partial charge on any atom is 0.252 e. The van der Waals surface area contributed by atoms with Crippen LogP contribution in [0.25, 0.3) is 0 Å². The first-order chi connectivity index (χ1) is 8.84. The Balaban J connectivity index is 2.72. The number of amides is 1. The van der Waals surface area contributed by atoms with Crippen LogP contribution in [0.4, 0.5) is 4.39 Å². The van der Waals surface area contributed by atoms with Crippen molar-refractivity contribution in [1.29, 1.82) is 0 Å². The van der Waals surface area contributed by atoms with Crippen molar-refractivity contribution in [3.8, 4) is 0 Å². The average Bonchev–Trinajstić information content (AvgIpc) is 2.31. The minimum atomic E-state index is -0.571. The smallest absolute Gasteiger partial charge is 0.252 e. The molecule has 4 heteroatoms. The van der Waals surface area contributed by atoms with E-state index in [-0.39, 0.29) is 16.5 Å². The van der Waals surface area contributed by atoms with Crippen molar-refractivity contribution in [2.24, 2.45) is 17.8 Å². The molecule has 1 N–H and O–H groups in total. The van der Waals surface area contributed by atoms with Crippen LogP contribution in [-0.2, 0) is 0 Å². The molecular weight excluding hydrogens is 265 g/mol. The van der Waals surface area contributed by atoms with E-state index in [4.69, 9.17) is 11.6 Å². The highest BCUT2D eigenvalue weighted by atomic mass is 35.5. The predicted octanol–water partition coefficient (Wildman–Crippen LogP) is 4.14. The Labute approximate surface area is 119 Å². The summed E-state index contributed by atoms with van der Waals surface area (Å²) < 4.78 is 13.3. The number of hydrogen-bond acceptors (Lipinski definition) is 1. The van der Waals surface area contributed by atoms with Gasteiger partial charge in [-0.1, -0.05) is 45.4 Å². The third-order valence-corrected chi connectivity index (χ3v) is 3.79. The standard InChI is InChI=1S/C15H21ClFNO/c1-9(2)12(10(3)4)8-18-15(19)11-6-5-7-13(17)14(11)16/h5-7,9-10,12H,8H2,1-4H3,(H,18,19). The quantitative estimate of drug-likeness (QED) is 0.866. The molecule has 0 saturated carbocycles. The molecule has 2 nitrogen and oxygen atoms in total. The summed E-state index contributed by atoms with van der Waals surface area (Å²) in [6.45, 7) is 9.09. The second-order valence-electron chi connectivity index (χ2n) is 5.46. The molecule has 1 amide bonds. The Morgan fingerprint density at radius 3 is 2.37 bits per heavy atom. The van der Waals surface area contributed by atoms with Gasteiger partial charge in [-0.15, -0.1) is 0 Å². The van der Waals surface area contributed by atoms with Crippen LogP contribution < -0.4 is 5.32 Å².